The summed E-state index contributed by atoms with van der Waals surface area (Å²) in [5, 5.41) is 0. The van der Waals surface area contributed by atoms with Crippen molar-refractivity contribution in [3.63, 3.8) is 0 Å². The summed E-state index contributed by atoms with van der Waals surface area (Å²) in [7, 11) is 0. The molecule has 1 heterocycles. The number of nitrogens with one attached hydrogen (secondary N) is 1. The van der Waals surface area contributed by atoms with Crippen molar-refractivity contribution in [1.82, 2.24) is 9.97 Å². The number of benzene rings is 1. The van der Waals surface area contributed by atoms with E-state index in [4.69, 9.17) is 4.74 Å². The molecule has 2 aromatic rings. The fraction of sp³-hybridized carbons (Fsp3) is 0.167. The number of aromatic nitrogens is 2. The minimum atomic E-state index is -0.221. The van der Waals surface area contributed by atoms with Crippen molar-refractivity contribution in [2.75, 3.05) is 0 Å². The first-order valence-electron chi connectivity index (χ1n) is 5.06. The maximum absolute atomic E-state index is 11.2. The van der Waals surface area contributed by atoms with Crippen molar-refractivity contribution < 1.29 is 4.74 Å². The largest absolute Gasteiger partial charge is 0.439 e. The summed E-state index contributed by atoms with van der Waals surface area (Å²) in [5.41, 5.74) is 0.838. The van der Waals surface area contributed by atoms with Crippen LogP contribution in [0.2, 0.25) is 0 Å². The van der Waals surface area contributed by atoms with Crippen LogP contribution in [-0.4, -0.2) is 9.97 Å². The van der Waals surface area contributed by atoms with E-state index in [9.17, 15) is 4.79 Å². The molecule has 2 rings (SSSR count). The van der Waals surface area contributed by atoms with Crippen molar-refractivity contribution in [2.24, 2.45) is 0 Å². The molecule has 0 bridgehead atoms. The van der Waals surface area contributed by atoms with Crippen molar-refractivity contribution >= 4 is 15.9 Å². The monoisotopic (exact) mass is 294 g/mol. The van der Waals surface area contributed by atoms with Gasteiger partial charge in [0.15, 0.2) is 0 Å². The van der Waals surface area contributed by atoms with Gasteiger partial charge in [-0.3, -0.25) is 4.79 Å². The molecule has 0 aliphatic carbocycles. The first-order valence-corrected chi connectivity index (χ1v) is 5.86. The van der Waals surface area contributed by atoms with Crippen molar-refractivity contribution in [1.29, 1.82) is 0 Å². The van der Waals surface area contributed by atoms with E-state index in [1.807, 2.05) is 25.1 Å². The standard InChI is InChI=1S/C12H11BrN2O2/c1-7-5-9(3-4-10(7)13)17-12-6-11(16)14-8(2)15-12/h3-6H,1-2H3,(H,14,15,16). The van der Waals surface area contributed by atoms with Gasteiger partial charge in [-0.25, -0.2) is 4.98 Å². The fourth-order valence-corrected chi connectivity index (χ4v) is 1.65. The lowest BCUT2D eigenvalue weighted by Gasteiger charge is -2.06. The molecule has 0 unspecified atom stereocenters. The van der Waals surface area contributed by atoms with E-state index in [0.29, 0.717) is 17.5 Å². The number of aryl methyl sites for hydroxylation is 2. The van der Waals surface area contributed by atoms with Gasteiger partial charge in [-0.1, -0.05) is 15.9 Å². The Bertz CT molecular complexity index is 608. The number of nitrogens with zero attached hydrogens (tertiary/aromatic N) is 1. The van der Waals surface area contributed by atoms with Crippen LogP contribution in [0.1, 0.15) is 11.4 Å². The molecule has 88 valence electrons. The van der Waals surface area contributed by atoms with E-state index >= 15 is 0 Å². The predicted octanol–water partition coefficient (Wildman–Crippen LogP) is 2.94. The number of ether oxygens (including phenoxy) is 1. The lowest BCUT2D eigenvalue weighted by atomic mass is 10.2. The normalized spacial score (nSPS) is 10.3. The second kappa shape index (κ2) is 4.71. The van der Waals surface area contributed by atoms with Gasteiger partial charge in [-0.15, -0.1) is 0 Å². The van der Waals surface area contributed by atoms with Gasteiger partial charge >= 0.3 is 0 Å². The van der Waals surface area contributed by atoms with E-state index < -0.39 is 0 Å². The Morgan fingerprint density at radius 3 is 2.71 bits per heavy atom. The number of H-pyrrole nitrogens is 1. The Morgan fingerprint density at radius 1 is 1.29 bits per heavy atom. The molecule has 0 radical (unpaired) electrons. The molecule has 1 aromatic heterocycles. The summed E-state index contributed by atoms with van der Waals surface area (Å²) in [6.45, 7) is 3.68. The van der Waals surface area contributed by atoms with Gasteiger partial charge in [0.2, 0.25) is 5.88 Å². The first kappa shape index (κ1) is 11.9. The third-order valence-corrected chi connectivity index (χ3v) is 3.08. The van der Waals surface area contributed by atoms with Crippen LogP contribution >= 0.6 is 15.9 Å². The summed E-state index contributed by atoms with van der Waals surface area (Å²) in [5.74, 6) is 1.48. The molecule has 1 aromatic carbocycles. The Balaban J connectivity index is 2.31. The van der Waals surface area contributed by atoms with E-state index in [2.05, 4.69) is 25.9 Å². The summed E-state index contributed by atoms with van der Waals surface area (Å²) in [6.07, 6.45) is 0. The van der Waals surface area contributed by atoms with Crippen LogP contribution in [0, 0.1) is 13.8 Å². The summed E-state index contributed by atoms with van der Waals surface area (Å²) < 4.78 is 6.54. The topological polar surface area (TPSA) is 55.0 Å². The molecule has 0 spiro atoms. The number of rotatable bonds is 2. The zero-order valence-electron chi connectivity index (χ0n) is 9.45. The second-order valence-electron chi connectivity index (χ2n) is 3.68. The van der Waals surface area contributed by atoms with Crippen LogP contribution < -0.4 is 10.3 Å². The van der Waals surface area contributed by atoms with Gasteiger partial charge in [0.05, 0.1) is 6.07 Å². The number of hydrogen-bond donors (Lipinski definition) is 1. The SMILES string of the molecule is Cc1nc(Oc2ccc(Br)c(C)c2)cc(=O)[nH]1. The molecule has 4 nitrogen and oxygen atoms in total. The summed E-state index contributed by atoms with van der Waals surface area (Å²) in [4.78, 5) is 17.9. The van der Waals surface area contributed by atoms with Crippen LogP contribution in [0.25, 0.3) is 0 Å². The van der Waals surface area contributed by atoms with Gasteiger partial charge < -0.3 is 9.72 Å². The summed E-state index contributed by atoms with van der Waals surface area (Å²) >= 11 is 3.41. The minimum absolute atomic E-state index is 0.221. The highest BCUT2D eigenvalue weighted by atomic mass is 79.9. The Hall–Kier alpha value is -1.62. The van der Waals surface area contributed by atoms with Gasteiger partial charge in [-0.05, 0) is 37.6 Å². The first-order chi connectivity index (χ1) is 8.04. The Labute approximate surface area is 107 Å². The average molecular weight is 295 g/mol. The molecule has 5 heteroatoms. The highest BCUT2D eigenvalue weighted by Gasteiger charge is 2.03. The van der Waals surface area contributed by atoms with Crippen molar-refractivity contribution in [2.45, 2.75) is 13.8 Å². The lowest BCUT2D eigenvalue weighted by Crippen LogP contribution is -2.08. The van der Waals surface area contributed by atoms with Crippen LogP contribution in [0.3, 0.4) is 0 Å². The van der Waals surface area contributed by atoms with E-state index in [0.717, 1.165) is 10.0 Å². The van der Waals surface area contributed by atoms with Gasteiger partial charge in [0.25, 0.3) is 5.56 Å². The molecule has 0 amide bonds. The van der Waals surface area contributed by atoms with Crippen molar-refractivity contribution in [3.05, 3.63) is 50.5 Å². The zero-order chi connectivity index (χ0) is 12.4. The minimum Gasteiger partial charge on any atom is -0.439 e. The van der Waals surface area contributed by atoms with E-state index in [1.165, 1.54) is 6.07 Å². The second-order valence-corrected chi connectivity index (χ2v) is 4.54. The third-order valence-electron chi connectivity index (χ3n) is 2.19. The van der Waals surface area contributed by atoms with Crippen LogP contribution in [-0.2, 0) is 0 Å². The zero-order valence-corrected chi connectivity index (χ0v) is 11.0. The molecular weight excluding hydrogens is 284 g/mol. The number of hydrogen-bond acceptors (Lipinski definition) is 3. The molecular formula is C12H11BrN2O2. The molecule has 0 aliphatic heterocycles. The summed E-state index contributed by atoms with van der Waals surface area (Å²) in [6, 6.07) is 6.91. The van der Waals surface area contributed by atoms with Crippen LogP contribution in [0.5, 0.6) is 11.6 Å². The highest BCUT2D eigenvalue weighted by Crippen LogP contribution is 2.24. The van der Waals surface area contributed by atoms with Crippen molar-refractivity contribution in [3.8, 4) is 11.6 Å². The van der Waals surface area contributed by atoms with E-state index in [-0.39, 0.29) is 5.56 Å². The number of aromatic amines is 1. The quantitative estimate of drug-likeness (QED) is 0.926. The predicted molar refractivity (Wildman–Crippen MR) is 68.5 cm³/mol. The molecule has 0 atom stereocenters. The van der Waals surface area contributed by atoms with Crippen LogP contribution in [0.15, 0.2) is 33.5 Å². The fourth-order valence-electron chi connectivity index (χ4n) is 1.41. The molecule has 0 saturated heterocycles. The highest BCUT2D eigenvalue weighted by molar-refractivity contribution is 9.10. The average Bonchev–Trinajstić information content (AvgIpc) is 2.22. The Kier molecular flexibility index (Phi) is 3.28. The van der Waals surface area contributed by atoms with Crippen LogP contribution in [0.4, 0.5) is 0 Å². The molecule has 0 saturated carbocycles. The van der Waals surface area contributed by atoms with Gasteiger partial charge in [0.1, 0.15) is 11.6 Å². The maximum Gasteiger partial charge on any atom is 0.254 e. The van der Waals surface area contributed by atoms with E-state index in [1.54, 1.807) is 6.92 Å². The van der Waals surface area contributed by atoms with Gasteiger partial charge in [0, 0.05) is 4.47 Å². The third kappa shape index (κ3) is 2.94. The Morgan fingerprint density at radius 2 is 2.06 bits per heavy atom. The lowest BCUT2D eigenvalue weighted by molar-refractivity contribution is 0.458. The molecule has 1 N–H and O–H groups in total. The molecule has 0 fully saturated rings. The molecule has 0 aliphatic rings. The number of halogens is 1. The smallest absolute Gasteiger partial charge is 0.254 e. The van der Waals surface area contributed by atoms with Gasteiger partial charge in [-0.2, -0.15) is 0 Å². The molecule has 17 heavy (non-hydrogen) atoms. The maximum atomic E-state index is 11.2.